The van der Waals surface area contributed by atoms with E-state index in [0.29, 0.717) is 13.1 Å². The predicted molar refractivity (Wildman–Crippen MR) is 77.4 cm³/mol. The molecule has 0 aliphatic carbocycles. The first-order valence-electron chi connectivity index (χ1n) is 6.16. The molecule has 2 rings (SSSR count). The molecule has 0 saturated carbocycles. The van der Waals surface area contributed by atoms with Gasteiger partial charge in [-0.2, -0.15) is 0 Å². The van der Waals surface area contributed by atoms with E-state index in [1.807, 2.05) is 13.0 Å². The Balaban J connectivity index is 2.09. The number of carbonyl (C=O) groups is 2. The van der Waals surface area contributed by atoms with Crippen molar-refractivity contribution in [2.45, 2.75) is 19.8 Å². The highest BCUT2D eigenvalue weighted by Gasteiger charge is 2.30. The Morgan fingerprint density at radius 3 is 2.84 bits per heavy atom. The lowest BCUT2D eigenvalue weighted by molar-refractivity contribution is -0.146. The van der Waals surface area contributed by atoms with Gasteiger partial charge in [-0.25, -0.2) is 0 Å². The number of amides is 1. The first kappa shape index (κ1) is 14.5. The third-order valence-electron chi connectivity index (χ3n) is 3.31. The van der Waals surface area contributed by atoms with E-state index in [9.17, 15) is 9.59 Å². The summed E-state index contributed by atoms with van der Waals surface area (Å²) in [5.41, 5.74) is 1.06. The highest BCUT2D eigenvalue weighted by Crippen LogP contribution is 2.29. The molecule has 1 aliphatic rings. The summed E-state index contributed by atoms with van der Waals surface area (Å²) in [6.07, 6.45) is 1.64. The number of rotatable bonds is 2. The van der Waals surface area contributed by atoms with Crippen LogP contribution >= 0.6 is 27.3 Å². The lowest BCUT2D eigenvalue weighted by Gasteiger charge is -2.31. The third kappa shape index (κ3) is 3.17. The van der Waals surface area contributed by atoms with Crippen LogP contribution in [0, 0.1) is 12.8 Å². The molecule has 1 fully saturated rings. The fourth-order valence-electron chi connectivity index (χ4n) is 2.24. The van der Waals surface area contributed by atoms with Crippen LogP contribution in [0.2, 0.25) is 0 Å². The highest BCUT2D eigenvalue weighted by atomic mass is 79.9. The average molecular weight is 346 g/mol. The van der Waals surface area contributed by atoms with Crippen molar-refractivity contribution in [1.82, 2.24) is 4.90 Å². The Labute approximate surface area is 124 Å². The molecular formula is C13H16BrNO3S. The molecule has 1 amide bonds. The average Bonchev–Trinajstić information content (AvgIpc) is 2.77. The molecule has 2 heterocycles. The number of esters is 1. The number of ether oxygens (including phenoxy) is 1. The molecule has 1 aromatic heterocycles. The number of methoxy groups -OCH3 is 1. The summed E-state index contributed by atoms with van der Waals surface area (Å²) in [7, 11) is 1.39. The van der Waals surface area contributed by atoms with Crippen molar-refractivity contribution in [3.8, 4) is 0 Å². The molecule has 0 aromatic carbocycles. The Morgan fingerprint density at radius 1 is 1.53 bits per heavy atom. The van der Waals surface area contributed by atoms with Crippen molar-refractivity contribution >= 4 is 39.1 Å². The maximum Gasteiger partial charge on any atom is 0.310 e. The Hall–Kier alpha value is -0.880. The zero-order chi connectivity index (χ0) is 14.0. The first-order valence-corrected chi connectivity index (χ1v) is 7.77. The van der Waals surface area contributed by atoms with Gasteiger partial charge in [-0.3, -0.25) is 9.59 Å². The monoisotopic (exact) mass is 345 g/mol. The van der Waals surface area contributed by atoms with Crippen LogP contribution in [0.4, 0.5) is 0 Å². The van der Waals surface area contributed by atoms with Crippen LogP contribution in [-0.2, 0) is 9.53 Å². The van der Waals surface area contributed by atoms with Gasteiger partial charge in [0.15, 0.2) is 0 Å². The Bertz CT molecular complexity index is 481. The van der Waals surface area contributed by atoms with Gasteiger partial charge >= 0.3 is 5.97 Å². The first-order chi connectivity index (χ1) is 9.02. The second-order valence-corrected chi connectivity index (χ2v) is 7.05. The van der Waals surface area contributed by atoms with Crippen LogP contribution in [0.3, 0.4) is 0 Å². The zero-order valence-electron chi connectivity index (χ0n) is 10.9. The number of carbonyl (C=O) groups excluding carboxylic acids is 2. The second kappa shape index (κ2) is 6.05. The molecule has 6 heteroatoms. The summed E-state index contributed by atoms with van der Waals surface area (Å²) in [5, 5.41) is 0. The maximum atomic E-state index is 12.4. The fourth-order valence-corrected chi connectivity index (χ4v) is 3.74. The third-order valence-corrected chi connectivity index (χ3v) is 5.44. The summed E-state index contributed by atoms with van der Waals surface area (Å²) >= 11 is 4.87. The van der Waals surface area contributed by atoms with Crippen LogP contribution in [-0.4, -0.2) is 37.0 Å². The zero-order valence-corrected chi connectivity index (χ0v) is 13.3. The molecule has 1 atom stereocenters. The fraction of sp³-hybridized carbons (Fsp3) is 0.538. The Kier molecular flexibility index (Phi) is 4.62. The number of thiophene rings is 1. The predicted octanol–water partition coefficient (Wildman–Crippen LogP) is 2.84. The molecule has 0 spiro atoms. The minimum Gasteiger partial charge on any atom is -0.469 e. The van der Waals surface area contributed by atoms with Crippen molar-refractivity contribution in [3.05, 3.63) is 20.3 Å². The molecule has 1 unspecified atom stereocenters. The number of aryl methyl sites for hydroxylation is 1. The smallest absolute Gasteiger partial charge is 0.310 e. The van der Waals surface area contributed by atoms with Crippen LogP contribution < -0.4 is 0 Å². The maximum absolute atomic E-state index is 12.4. The molecule has 0 bridgehead atoms. The summed E-state index contributed by atoms with van der Waals surface area (Å²) < 4.78 is 5.75. The van der Waals surface area contributed by atoms with Gasteiger partial charge in [0.25, 0.3) is 5.91 Å². The summed E-state index contributed by atoms with van der Waals surface area (Å²) in [4.78, 5) is 26.4. The van der Waals surface area contributed by atoms with Crippen molar-refractivity contribution in [2.75, 3.05) is 20.2 Å². The molecule has 1 saturated heterocycles. The molecule has 4 nitrogen and oxygen atoms in total. The second-order valence-electron chi connectivity index (χ2n) is 4.68. The lowest BCUT2D eigenvalue weighted by atomic mass is 9.98. The molecule has 0 N–H and O–H groups in total. The van der Waals surface area contributed by atoms with E-state index in [1.54, 1.807) is 4.90 Å². The van der Waals surface area contributed by atoms with Crippen LogP contribution in [0.25, 0.3) is 0 Å². The molecule has 19 heavy (non-hydrogen) atoms. The minimum atomic E-state index is -0.221. The standard InChI is InChI=1S/C13H16BrNO3S/c1-8-6-10(19-11(8)14)12(16)15-5-3-4-9(7-15)13(17)18-2/h6,9H,3-5,7H2,1-2H3. The van der Waals surface area contributed by atoms with Crippen molar-refractivity contribution < 1.29 is 14.3 Å². The molecule has 104 valence electrons. The number of likely N-dealkylation sites (tertiary alicyclic amines) is 1. The summed E-state index contributed by atoms with van der Waals surface area (Å²) in [6.45, 7) is 3.13. The van der Waals surface area contributed by atoms with Gasteiger partial charge in [0.2, 0.25) is 0 Å². The van der Waals surface area contributed by atoms with Gasteiger partial charge in [-0.15, -0.1) is 11.3 Å². The van der Waals surface area contributed by atoms with Crippen molar-refractivity contribution in [1.29, 1.82) is 0 Å². The van der Waals surface area contributed by atoms with E-state index < -0.39 is 0 Å². The van der Waals surface area contributed by atoms with Gasteiger partial charge in [0.05, 0.1) is 21.7 Å². The summed E-state index contributed by atoms with van der Waals surface area (Å²) in [6, 6.07) is 1.89. The molecule has 1 aromatic rings. The molecule has 1 aliphatic heterocycles. The van der Waals surface area contributed by atoms with Crippen LogP contribution in [0.1, 0.15) is 28.1 Å². The van der Waals surface area contributed by atoms with Crippen LogP contribution in [0.5, 0.6) is 0 Å². The topological polar surface area (TPSA) is 46.6 Å². The van der Waals surface area contributed by atoms with E-state index in [4.69, 9.17) is 4.74 Å². The van der Waals surface area contributed by atoms with E-state index >= 15 is 0 Å². The van der Waals surface area contributed by atoms with E-state index in [1.165, 1.54) is 18.4 Å². The van der Waals surface area contributed by atoms with Gasteiger partial charge in [-0.05, 0) is 47.3 Å². The number of piperidine rings is 1. The van der Waals surface area contributed by atoms with E-state index in [-0.39, 0.29) is 17.8 Å². The van der Waals surface area contributed by atoms with Gasteiger partial charge in [0, 0.05) is 13.1 Å². The van der Waals surface area contributed by atoms with Crippen LogP contribution in [0.15, 0.2) is 9.85 Å². The highest BCUT2D eigenvalue weighted by molar-refractivity contribution is 9.11. The lowest BCUT2D eigenvalue weighted by Crippen LogP contribution is -2.42. The summed E-state index contributed by atoms with van der Waals surface area (Å²) in [5.74, 6) is -0.402. The van der Waals surface area contributed by atoms with Crippen molar-refractivity contribution in [2.24, 2.45) is 5.92 Å². The van der Waals surface area contributed by atoms with Gasteiger partial charge in [-0.1, -0.05) is 0 Å². The number of nitrogens with zero attached hydrogens (tertiary/aromatic N) is 1. The number of halogens is 1. The molecule has 0 radical (unpaired) electrons. The van der Waals surface area contributed by atoms with Crippen molar-refractivity contribution in [3.63, 3.8) is 0 Å². The van der Waals surface area contributed by atoms with Gasteiger partial charge in [0.1, 0.15) is 0 Å². The normalized spacial score (nSPS) is 19.3. The quantitative estimate of drug-likeness (QED) is 0.774. The molecular weight excluding hydrogens is 330 g/mol. The number of hydrogen-bond acceptors (Lipinski definition) is 4. The SMILES string of the molecule is COC(=O)C1CCCN(C(=O)c2cc(C)c(Br)s2)C1. The number of hydrogen-bond donors (Lipinski definition) is 0. The van der Waals surface area contributed by atoms with Gasteiger partial charge < -0.3 is 9.64 Å². The minimum absolute atomic E-state index is 0.00685. The Morgan fingerprint density at radius 2 is 2.26 bits per heavy atom. The van der Waals surface area contributed by atoms with E-state index in [2.05, 4.69) is 15.9 Å². The largest absolute Gasteiger partial charge is 0.469 e. The van der Waals surface area contributed by atoms with E-state index in [0.717, 1.165) is 27.1 Å².